The molecule has 0 amide bonds. The van der Waals surface area contributed by atoms with Crippen molar-refractivity contribution in [2.24, 2.45) is 0 Å². The maximum Gasteiger partial charge on any atom is 0.0721 e. The Balaban J connectivity index is 0.918. The minimum absolute atomic E-state index is 0.484. The first-order chi connectivity index (χ1) is 41.1. The van der Waals surface area contributed by atoms with Crippen LogP contribution in [0.25, 0.3) is 39.6 Å². The summed E-state index contributed by atoms with van der Waals surface area (Å²) < 4.78 is 15.1. The van der Waals surface area contributed by atoms with Gasteiger partial charge < -0.3 is 28.7 Å². The SMILES string of the molecule is C=Cc1ccc(COCc2ccc3c(c2)c2cc(COCc4ccc(C=C)cc4)ccc2n3-c2ccc(N(c3ccc(N(c4ccc(C)cc4)c4ccc(C)cc4)cc3)c3ccc(N(c4ccc(C)cc4)c4ccc(C)cc4)cc3)cc2)cc1. The highest BCUT2D eigenvalue weighted by Crippen LogP contribution is 2.43. The number of ether oxygens (including phenoxy) is 2. The standard InChI is InChI=1S/C78H68N4O2/c1-7-59-17-21-61(22-18-59)51-83-53-63-25-47-77-75(49-63)76-50-64(54-84-52-62-23-19-60(8-2)20-24-62)26-48-78(76)82(77)74-45-43-73(44-46-74)81(71-39-35-69(36-40-71)79(65-27-9-55(3)10-28-65)66-29-11-56(4)12-30-66)72-41-37-70(38-42-72)80(67-31-13-57(5)14-32-67)68-33-15-58(6)16-34-68/h7-50H,1-2,51-54H2,3-6H3. The number of nitrogens with zero attached hydrogens (tertiary/aromatic N) is 4. The largest absolute Gasteiger partial charge is 0.372 e. The molecule has 0 aliphatic rings. The van der Waals surface area contributed by atoms with Crippen molar-refractivity contribution < 1.29 is 9.47 Å². The second-order valence-corrected chi connectivity index (χ2v) is 21.8. The maximum atomic E-state index is 6.34. The topological polar surface area (TPSA) is 33.1 Å². The first kappa shape index (κ1) is 54.6. The summed E-state index contributed by atoms with van der Waals surface area (Å²) in [6.45, 7) is 18.3. The Hall–Kier alpha value is -9.98. The molecule has 412 valence electrons. The molecule has 0 atom stereocenters. The summed E-state index contributed by atoms with van der Waals surface area (Å²) in [6, 6.07) is 92.1. The van der Waals surface area contributed by atoms with Crippen LogP contribution in [0.5, 0.6) is 0 Å². The van der Waals surface area contributed by atoms with Gasteiger partial charge in [-0.15, -0.1) is 0 Å². The quantitative estimate of drug-likeness (QED) is 0.0760. The van der Waals surface area contributed by atoms with Crippen molar-refractivity contribution >= 4 is 85.1 Å². The number of hydrogen-bond donors (Lipinski definition) is 0. The molecule has 6 nitrogen and oxygen atoms in total. The van der Waals surface area contributed by atoms with E-state index in [4.69, 9.17) is 9.47 Å². The molecule has 0 saturated heterocycles. The fourth-order valence-corrected chi connectivity index (χ4v) is 11.0. The smallest absolute Gasteiger partial charge is 0.0721 e. The Morgan fingerprint density at radius 3 is 0.810 bits per heavy atom. The molecule has 84 heavy (non-hydrogen) atoms. The van der Waals surface area contributed by atoms with E-state index >= 15 is 0 Å². The third-order valence-corrected chi connectivity index (χ3v) is 15.7. The van der Waals surface area contributed by atoms with Gasteiger partial charge in [-0.2, -0.15) is 0 Å². The van der Waals surface area contributed by atoms with E-state index in [1.165, 1.54) is 22.3 Å². The third-order valence-electron chi connectivity index (χ3n) is 15.7. The lowest BCUT2D eigenvalue weighted by molar-refractivity contribution is 0.107. The lowest BCUT2D eigenvalue weighted by Crippen LogP contribution is -2.13. The van der Waals surface area contributed by atoms with Gasteiger partial charge in [0.2, 0.25) is 0 Å². The van der Waals surface area contributed by atoms with Crippen molar-refractivity contribution in [1.82, 2.24) is 4.57 Å². The molecule has 11 aromatic carbocycles. The number of benzene rings is 11. The van der Waals surface area contributed by atoms with Crippen molar-refractivity contribution in [3.63, 3.8) is 0 Å². The molecule has 0 radical (unpaired) electrons. The molecule has 0 N–H and O–H groups in total. The van der Waals surface area contributed by atoms with E-state index in [1.807, 2.05) is 12.2 Å². The van der Waals surface area contributed by atoms with E-state index < -0.39 is 0 Å². The predicted molar refractivity (Wildman–Crippen MR) is 354 cm³/mol. The van der Waals surface area contributed by atoms with Crippen LogP contribution in [0.1, 0.15) is 55.6 Å². The third kappa shape index (κ3) is 12.0. The Kier molecular flexibility index (Phi) is 16.0. The van der Waals surface area contributed by atoms with E-state index in [-0.39, 0.29) is 0 Å². The zero-order valence-corrected chi connectivity index (χ0v) is 48.3. The summed E-state index contributed by atoms with van der Waals surface area (Å²) in [5.41, 5.74) is 24.5. The van der Waals surface area contributed by atoms with Crippen molar-refractivity contribution in [2.45, 2.75) is 54.1 Å². The van der Waals surface area contributed by atoms with Gasteiger partial charge in [-0.05, 0) is 207 Å². The highest BCUT2D eigenvalue weighted by Gasteiger charge is 2.20. The average molecular weight is 1090 g/mol. The van der Waals surface area contributed by atoms with Crippen LogP contribution >= 0.6 is 0 Å². The Labute approximate surface area is 494 Å². The van der Waals surface area contributed by atoms with Crippen LogP contribution in [0.3, 0.4) is 0 Å². The molecule has 0 spiro atoms. The summed E-state index contributed by atoms with van der Waals surface area (Å²) in [7, 11) is 0. The van der Waals surface area contributed by atoms with E-state index in [2.05, 4.69) is 315 Å². The van der Waals surface area contributed by atoms with Gasteiger partial charge >= 0.3 is 0 Å². The summed E-state index contributed by atoms with van der Waals surface area (Å²) in [5, 5.41) is 2.31. The van der Waals surface area contributed by atoms with E-state index in [0.29, 0.717) is 26.4 Å². The second kappa shape index (κ2) is 24.6. The van der Waals surface area contributed by atoms with Crippen LogP contribution < -0.4 is 14.7 Å². The fraction of sp³-hybridized carbons (Fsp3) is 0.103. The highest BCUT2D eigenvalue weighted by atomic mass is 16.5. The van der Waals surface area contributed by atoms with Crippen LogP contribution in [0.2, 0.25) is 0 Å². The van der Waals surface area contributed by atoms with E-state index in [0.717, 1.165) is 112 Å². The number of aromatic nitrogens is 1. The van der Waals surface area contributed by atoms with Gasteiger partial charge in [-0.3, -0.25) is 0 Å². The fourth-order valence-electron chi connectivity index (χ4n) is 11.0. The maximum absolute atomic E-state index is 6.34. The lowest BCUT2D eigenvalue weighted by Gasteiger charge is -2.29. The van der Waals surface area contributed by atoms with Crippen molar-refractivity contribution in [2.75, 3.05) is 14.7 Å². The van der Waals surface area contributed by atoms with Crippen LogP contribution in [0.4, 0.5) is 51.2 Å². The Morgan fingerprint density at radius 1 is 0.298 bits per heavy atom. The van der Waals surface area contributed by atoms with Crippen molar-refractivity contribution in [3.05, 3.63) is 324 Å². The molecule has 0 saturated carbocycles. The molecule has 0 bridgehead atoms. The number of fused-ring (bicyclic) bond motifs is 3. The number of hydrogen-bond acceptors (Lipinski definition) is 5. The van der Waals surface area contributed by atoms with Gasteiger partial charge in [0.1, 0.15) is 0 Å². The second-order valence-electron chi connectivity index (χ2n) is 21.8. The van der Waals surface area contributed by atoms with Gasteiger partial charge in [0, 0.05) is 67.6 Å². The molecule has 0 fully saturated rings. The summed E-state index contributed by atoms with van der Waals surface area (Å²) in [4.78, 5) is 7.01. The van der Waals surface area contributed by atoms with Gasteiger partial charge in [0.25, 0.3) is 0 Å². The van der Waals surface area contributed by atoms with E-state index in [1.54, 1.807) is 0 Å². The minimum Gasteiger partial charge on any atom is -0.372 e. The van der Waals surface area contributed by atoms with Gasteiger partial charge in [-0.25, -0.2) is 0 Å². The molecule has 6 heteroatoms. The molecule has 12 aromatic rings. The predicted octanol–water partition coefficient (Wildman–Crippen LogP) is 21.1. The van der Waals surface area contributed by atoms with Crippen LogP contribution in [0, 0.1) is 27.7 Å². The summed E-state index contributed by atoms with van der Waals surface area (Å²) >= 11 is 0. The normalized spacial score (nSPS) is 11.2. The van der Waals surface area contributed by atoms with Crippen molar-refractivity contribution in [1.29, 1.82) is 0 Å². The van der Waals surface area contributed by atoms with Gasteiger partial charge in [0.05, 0.1) is 37.5 Å². The number of rotatable bonds is 20. The lowest BCUT2D eigenvalue weighted by atomic mass is 10.1. The van der Waals surface area contributed by atoms with Crippen LogP contribution in [-0.2, 0) is 35.9 Å². The molecule has 1 heterocycles. The molecule has 0 aliphatic carbocycles. The summed E-state index contributed by atoms with van der Waals surface area (Å²) in [6.07, 6.45) is 3.72. The molecular formula is C78H68N4O2. The van der Waals surface area contributed by atoms with Crippen LogP contribution in [0.15, 0.2) is 268 Å². The average Bonchev–Trinajstić information content (AvgIpc) is 2.30. The van der Waals surface area contributed by atoms with E-state index in [9.17, 15) is 0 Å². The van der Waals surface area contributed by atoms with Crippen LogP contribution in [-0.4, -0.2) is 4.57 Å². The number of anilines is 9. The molecule has 1 aromatic heterocycles. The molecule has 0 aliphatic heterocycles. The number of aryl methyl sites for hydroxylation is 4. The molecule has 0 unspecified atom stereocenters. The van der Waals surface area contributed by atoms with Gasteiger partial charge in [-0.1, -0.05) is 157 Å². The Bertz CT molecular complexity index is 3860. The van der Waals surface area contributed by atoms with Gasteiger partial charge in [0.15, 0.2) is 0 Å². The first-order valence-electron chi connectivity index (χ1n) is 28.8. The minimum atomic E-state index is 0.484. The monoisotopic (exact) mass is 1090 g/mol. The highest BCUT2D eigenvalue weighted by molar-refractivity contribution is 6.09. The first-order valence-corrected chi connectivity index (χ1v) is 28.8. The van der Waals surface area contributed by atoms with Crippen molar-refractivity contribution in [3.8, 4) is 5.69 Å². The zero-order valence-electron chi connectivity index (χ0n) is 48.3. The Morgan fingerprint density at radius 2 is 0.536 bits per heavy atom. The zero-order chi connectivity index (χ0) is 57.5. The molecular weight excluding hydrogens is 1020 g/mol. The molecule has 12 rings (SSSR count). The summed E-state index contributed by atoms with van der Waals surface area (Å²) in [5.74, 6) is 0.